The van der Waals surface area contributed by atoms with Gasteiger partial charge in [-0.3, -0.25) is 19.3 Å². The molecule has 1 fully saturated rings. The summed E-state index contributed by atoms with van der Waals surface area (Å²) in [6, 6.07) is 11.4. The molecule has 10 nitrogen and oxygen atoms in total. The van der Waals surface area contributed by atoms with E-state index in [0.717, 1.165) is 16.9 Å². The highest BCUT2D eigenvalue weighted by atomic mass is 16.5. The van der Waals surface area contributed by atoms with E-state index in [-0.39, 0.29) is 30.9 Å². The fourth-order valence-electron chi connectivity index (χ4n) is 3.79. The predicted molar refractivity (Wildman–Crippen MR) is 122 cm³/mol. The molecule has 1 aliphatic heterocycles. The zero-order chi connectivity index (χ0) is 23.8. The Balaban J connectivity index is 1.45. The van der Waals surface area contributed by atoms with Crippen LogP contribution in [0.2, 0.25) is 0 Å². The summed E-state index contributed by atoms with van der Waals surface area (Å²) in [5.41, 5.74) is 1.91. The summed E-state index contributed by atoms with van der Waals surface area (Å²) in [7, 11) is 1.62. The zero-order valence-electron chi connectivity index (χ0n) is 19.1. The number of ether oxygens (including phenoxy) is 2. The lowest BCUT2D eigenvalue weighted by Gasteiger charge is -2.25. The number of carbonyl (C=O) groups excluding carboxylic acids is 2. The van der Waals surface area contributed by atoms with Crippen molar-refractivity contribution in [3.8, 4) is 5.75 Å². The Morgan fingerprint density at radius 1 is 1.12 bits per heavy atom. The van der Waals surface area contributed by atoms with Crippen LogP contribution >= 0.6 is 0 Å². The summed E-state index contributed by atoms with van der Waals surface area (Å²) in [5, 5.41) is 4.04. The summed E-state index contributed by atoms with van der Waals surface area (Å²) in [4.78, 5) is 37.4. The molecule has 3 aromatic rings. The summed E-state index contributed by atoms with van der Waals surface area (Å²) >= 11 is 0. The van der Waals surface area contributed by atoms with Crippen LogP contribution in [-0.4, -0.2) is 74.2 Å². The van der Waals surface area contributed by atoms with Crippen LogP contribution in [0.3, 0.4) is 0 Å². The first-order chi connectivity index (χ1) is 16.6. The van der Waals surface area contributed by atoms with Gasteiger partial charge in [0.25, 0.3) is 0 Å². The molecule has 0 aliphatic carbocycles. The number of amides is 2. The average molecular weight is 465 g/mol. The number of aromatic nitrogens is 4. The molecule has 3 heterocycles. The first-order valence-electron chi connectivity index (χ1n) is 11.1. The molecule has 178 valence electrons. The number of benzene rings is 1. The van der Waals surface area contributed by atoms with E-state index in [1.807, 2.05) is 36.4 Å². The summed E-state index contributed by atoms with van der Waals surface area (Å²) in [6.07, 6.45) is 6.35. The molecule has 2 amide bonds. The van der Waals surface area contributed by atoms with E-state index in [4.69, 9.17) is 9.47 Å². The third-order valence-electron chi connectivity index (χ3n) is 5.64. The van der Waals surface area contributed by atoms with Crippen molar-refractivity contribution in [2.24, 2.45) is 0 Å². The van der Waals surface area contributed by atoms with Crippen LogP contribution in [0.4, 0.5) is 0 Å². The van der Waals surface area contributed by atoms with Gasteiger partial charge in [-0.05, 0) is 29.3 Å². The second-order valence-electron chi connectivity index (χ2n) is 8.10. The van der Waals surface area contributed by atoms with Crippen LogP contribution in [0.25, 0.3) is 0 Å². The van der Waals surface area contributed by atoms with E-state index in [0.29, 0.717) is 32.8 Å². The highest BCUT2D eigenvalue weighted by Crippen LogP contribution is 2.17. The Morgan fingerprint density at radius 2 is 1.97 bits per heavy atom. The normalized spacial score (nSPS) is 16.4. The fourth-order valence-corrected chi connectivity index (χ4v) is 3.79. The molecule has 1 aromatic carbocycles. The highest BCUT2D eigenvalue weighted by molar-refractivity contribution is 5.85. The van der Waals surface area contributed by atoms with Crippen molar-refractivity contribution in [2.45, 2.75) is 32.2 Å². The third kappa shape index (κ3) is 6.38. The van der Waals surface area contributed by atoms with E-state index in [9.17, 15) is 9.59 Å². The van der Waals surface area contributed by atoms with Crippen molar-refractivity contribution >= 4 is 11.8 Å². The van der Waals surface area contributed by atoms with Gasteiger partial charge in [-0.2, -0.15) is 5.10 Å². The van der Waals surface area contributed by atoms with Gasteiger partial charge >= 0.3 is 0 Å². The van der Waals surface area contributed by atoms with E-state index in [1.54, 1.807) is 40.3 Å². The molecule has 0 N–H and O–H groups in total. The predicted octanol–water partition coefficient (Wildman–Crippen LogP) is 1.53. The van der Waals surface area contributed by atoms with Gasteiger partial charge in [-0.1, -0.05) is 18.2 Å². The monoisotopic (exact) mass is 464 g/mol. The summed E-state index contributed by atoms with van der Waals surface area (Å²) < 4.78 is 13.0. The van der Waals surface area contributed by atoms with Gasteiger partial charge in [0, 0.05) is 38.4 Å². The number of methoxy groups -OCH3 is 1. The molecule has 4 rings (SSSR count). The zero-order valence-corrected chi connectivity index (χ0v) is 19.1. The average Bonchev–Trinajstić information content (AvgIpc) is 3.34. The van der Waals surface area contributed by atoms with Crippen LogP contribution in [0, 0.1) is 0 Å². The smallest absolute Gasteiger partial charge is 0.242 e. The molecule has 2 aromatic heterocycles. The second-order valence-corrected chi connectivity index (χ2v) is 8.10. The Labute approximate surface area is 198 Å². The molecule has 34 heavy (non-hydrogen) atoms. The number of pyridine rings is 1. The molecule has 1 unspecified atom stereocenters. The molecule has 0 spiro atoms. The standard InChI is InChI=1S/C24H28N6O4/c1-33-21-6-4-19(5-7-21)12-28-13-22(34-16-20-3-2-9-25-11-20)14-29(15-24(28)32)23(31)8-10-30-18-26-17-27-30/h2-7,9,11,17-18,22H,8,10,12-16H2,1H3. The molecule has 1 saturated heterocycles. The lowest BCUT2D eigenvalue weighted by Crippen LogP contribution is -2.40. The maximum Gasteiger partial charge on any atom is 0.242 e. The molecule has 1 atom stereocenters. The number of aryl methyl sites for hydroxylation is 1. The molecule has 1 aliphatic rings. The van der Waals surface area contributed by atoms with Crippen LogP contribution < -0.4 is 4.74 Å². The molecule has 10 heteroatoms. The SMILES string of the molecule is COc1ccc(CN2CC(OCc3cccnc3)CN(C(=O)CCn3cncn3)CC2=O)cc1. The Kier molecular flexibility index (Phi) is 7.82. The molecule has 0 radical (unpaired) electrons. The van der Waals surface area contributed by atoms with Gasteiger partial charge in [-0.25, -0.2) is 4.98 Å². The number of hydrogen-bond donors (Lipinski definition) is 0. The van der Waals surface area contributed by atoms with Crippen LogP contribution in [-0.2, 0) is 34.0 Å². The van der Waals surface area contributed by atoms with Gasteiger partial charge in [0.1, 0.15) is 18.4 Å². The van der Waals surface area contributed by atoms with E-state index in [1.165, 1.54) is 6.33 Å². The van der Waals surface area contributed by atoms with Gasteiger partial charge in [0.2, 0.25) is 11.8 Å². The van der Waals surface area contributed by atoms with Gasteiger partial charge in [0.15, 0.2) is 0 Å². The van der Waals surface area contributed by atoms with E-state index < -0.39 is 0 Å². The number of hydrogen-bond acceptors (Lipinski definition) is 7. The van der Waals surface area contributed by atoms with Crippen molar-refractivity contribution in [3.63, 3.8) is 0 Å². The van der Waals surface area contributed by atoms with Gasteiger partial charge in [0.05, 0.1) is 32.9 Å². The first kappa shape index (κ1) is 23.4. The van der Waals surface area contributed by atoms with Crippen LogP contribution in [0.5, 0.6) is 5.75 Å². The lowest BCUT2D eigenvalue weighted by atomic mass is 10.2. The lowest BCUT2D eigenvalue weighted by molar-refractivity contribution is -0.139. The van der Waals surface area contributed by atoms with Crippen molar-refractivity contribution in [3.05, 3.63) is 72.6 Å². The van der Waals surface area contributed by atoms with Crippen LogP contribution in [0.1, 0.15) is 17.5 Å². The largest absolute Gasteiger partial charge is 0.497 e. The Bertz CT molecular complexity index is 1060. The van der Waals surface area contributed by atoms with Crippen molar-refractivity contribution in [1.29, 1.82) is 0 Å². The topological polar surface area (TPSA) is 103 Å². The maximum absolute atomic E-state index is 13.1. The highest BCUT2D eigenvalue weighted by Gasteiger charge is 2.31. The van der Waals surface area contributed by atoms with Crippen LogP contribution in [0.15, 0.2) is 61.4 Å². The van der Waals surface area contributed by atoms with Crippen molar-refractivity contribution < 1.29 is 19.1 Å². The number of carbonyl (C=O) groups is 2. The second kappa shape index (κ2) is 11.4. The minimum absolute atomic E-state index is 0.0130. The van der Waals surface area contributed by atoms with E-state index in [2.05, 4.69) is 15.1 Å². The van der Waals surface area contributed by atoms with E-state index >= 15 is 0 Å². The molecular weight excluding hydrogens is 436 g/mol. The third-order valence-corrected chi connectivity index (χ3v) is 5.64. The quantitative estimate of drug-likeness (QED) is 0.473. The maximum atomic E-state index is 13.1. The van der Waals surface area contributed by atoms with Crippen molar-refractivity contribution in [1.82, 2.24) is 29.5 Å². The summed E-state index contributed by atoms with van der Waals surface area (Å²) in [5.74, 6) is 0.523. The first-order valence-corrected chi connectivity index (χ1v) is 11.1. The molecule has 0 saturated carbocycles. The number of nitrogens with zero attached hydrogens (tertiary/aromatic N) is 6. The Hall–Kier alpha value is -3.79. The Morgan fingerprint density at radius 3 is 2.68 bits per heavy atom. The van der Waals surface area contributed by atoms with Crippen molar-refractivity contribution in [2.75, 3.05) is 26.7 Å². The number of rotatable bonds is 9. The van der Waals surface area contributed by atoms with Gasteiger partial charge in [-0.15, -0.1) is 0 Å². The minimum Gasteiger partial charge on any atom is -0.497 e. The molecule has 0 bridgehead atoms. The summed E-state index contributed by atoms with van der Waals surface area (Å²) in [6.45, 7) is 1.92. The minimum atomic E-state index is -0.333. The molecular formula is C24H28N6O4. The van der Waals surface area contributed by atoms with Gasteiger partial charge < -0.3 is 19.3 Å². The fraction of sp³-hybridized carbons (Fsp3) is 0.375.